The third-order valence-corrected chi connectivity index (χ3v) is 5.04. The van der Waals surface area contributed by atoms with Crippen molar-refractivity contribution in [2.24, 2.45) is 0 Å². The summed E-state index contributed by atoms with van der Waals surface area (Å²) in [5, 5.41) is 10.1. The summed E-state index contributed by atoms with van der Waals surface area (Å²) in [7, 11) is 0. The Morgan fingerprint density at radius 3 is 2.32 bits per heavy atom. The number of nitrogens with zero attached hydrogens (tertiary/aromatic N) is 2. The molecule has 162 valence electrons. The topological polar surface area (TPSA) is 76.0 Å². The first-order valence-electron chi connectivity index (χ1n) is 10.6. The van der Waals surface area contributed by atoms with E-state index in [9.17, 15) is 9.59 Å². The summed E-state index contributed by atoms with van der Waals surface area (Å²) >= 11 is 0. The fourth-order valence-corrected chi connectivity index (χ4v) is 3.16. The van der Waals surface area contributed by atoms with Gasteiger partial charge in [-0.25, -0.2) is 4.68 Å². The highest BCUT2D eigenvalue weighted by molar-refractivity contribution is 5.94. The Balaban J connectivity index is 1.36. The largest absolute Gasteiger partial charge is 0.356 e. The zero-order valence-electron chi connectivity index (χ0n) is 18.4. The Kier molecular flexibility index (Phi) is 7.23. The van der Waals surface area contributed by atoms with Gasteiger partial charge in [-0.3, -0.25) is 9.59 Å². The first kappa shape index (κ1) is 22.3. The van der Waals surface area contributed by atoms with Gasteiger partial charge in [0.25, 0.3) is 5.91 Å². The van der Waals surface area contributed by atoms with Crippen LogP contribution in [0.2, 0.25) is 0 Å². The fraction of sp³-hybridized carbons (Fsp3) is 0.320. The highest BCUT2D eigenvalue weighted by atomic mass is 16.2. The summed E-state index contributed by atoms with van der Waals surface area (Å²) < 4.78 is 1.82. The van der Waals surface area contributed by atoms with Crippen LogP contribution in [0.15, 0.2) is 67.0 Å². The molecule has 0 unspecified atom stereocenters. The van der Waals surface area contributed by atoms with Gasteiger partial charge in [0, 0.05) is 31.3 Å². The number of hydrogen-bond donors (Lipinski definition) is 2. The lowest BCUT2D eigenvalue weighted by molar-refractivity contribution is -0.120. The standard InChI is InChI=1S/C25H30N4O2/c1-25(2,3)21-11-9-20(10-12-21)24(31)27-16-14-23(30)26-15-13-19-17-28-29(18-19)22-7-5-4-6-8-22/h4-12,17-18H,13-16H2,1-3H3,(H,26,30)(H,27,31). The number of carbonyl (C=O) groups excluding carboxylic acids is 2. The van der Waals surface area contributed by atoms with Gasteiger partial charge in [0.2, 0.25) is 5.91 Å². The van der Waals surface area contributed by atoms with Crippen molar-refractivity contribution in [2.45, 2.75) is 39.0 Å². The van der Waals surface area contributed by atoms with Gasteiger partial charge in [-0.2, -0.15) is 5.10 Å². The van der Waals surface area contributed by atoms with Crippen molar-refractivity contribution < 1.29 is 9.59 Å². The van der Waals surface area contributed by atoms with E-state index < -0.39 is 0 Å². The van der Waals surface area contributed by atoms with E-state index in [1.165, 1.54) is 5.56 Å². The second-order valence-corrected chi connectivity index (χ2v) is 8.56. The lowest BCUT2D eigenvalue weighted by Gasteiger charge is -2.19. The molecule has 0 atom stereocenters. The molecule has 6 nitrogen and oxygen atoms in total. The van der Waals surface area contributed by atoms with Crippen molar-refractivity contribution in [1.29, 1.82) is 0 Å². The molecule has 0 spiro atoms. The molecule has 0 saturated heterocycles. The molecule has 1 heterocycles. The Bertz CT molecular complexity index is 1000. The highest BCUT2D eigenvalue weighted by Gasteiger charge is 2.14. The van der Waals surface area contributed by atoms with Crippen LogP contribution >= 0.6 is 0 Å². The average Bonchev–Trinajstić information content (AvgIpc) is 3.23. The van der Waals surface area contributed by atoms with Crippen molar-refractivity contribution in [1.82, 2.24) is 20.4 Å². The SMILES string of the molecule is CC(C)(C)c1ccc(C(=O)NCCC(=O)NCCc2cnn(-c3ccccc3)c2)cc1. The van der Waals surface area contributed by atoms with Crippen LogP contribution in [0.1, 0.15) is 48.7 Å². The van der Waals surface area contributed by atoms with E-state index in [-0.39, 0.29) is 23.7 Å². The smallest absolute Gasteiger partial charge is 0.251 e. The zero-order valence-corrected chi connectivity index (χ0v) is 18.4. The molecule has 3 rings (SSSR count). The van der Waals surface area contributed by atoms with Crippen LogP contribution in [0.5, 0.6) is 0 Å². The molecular formula is C25H30N4O2. The molecule has 0 aliphatic heterocycles. The third-order valence-electron chi connectivity index (χ3n) is 5.04. The number of hydrogen-bond acceptors (Lipinski definition) is 3. The average molecular weight is 419 g/mol. The third kappa shape index (κ3) is 6.54. The normalized spacial score (nSPS) is 11.2. The number of carbonyl (C=O) groups is 2. The van der Waals surface area contributed by atoms with Crippen molar-refractivity contribution in [3.63, 3.8) is 0 Å². The van der Waals surface area contributed by atoms with Crippen molar-refractivity contribution in [2.75, 3.05) is 13.1 Å². The van der Waals surface area contributed by atoms with E-state index in [0.717, 1.165) is 11.3 Å². The van der Waals surface area contributed by atoms with Crippen LogP contribution < -0.4 is 10.6 Å². The Labute approximate surface area is 183 Å². The summed E-state index contributed by atoms with van der Waals surface area (Å²) in [5.41, 5.74) is 3.88. The molecule has 0 bridgehead atoms. The van der Waals surface area contributed by atoms with Crippen molar-refractivity contribution in [3.05, 3.63) is 83.7 Å². The molecule has 2 N–H and O–H groups in total. The summed E-state index contributed by atoms with van der Waals surface area (Å²) in [6.45, 7) is 7.24. The molecule has 0 aliphatic carbocycles. The van der Waals surface area contributed by atoms with Gasteiger partial charge >= 0.3 is 0 Å². The lowest BCUT2D eigenvalue weighted by atomic mass is 9.87. The van der Waals surface area contributed by atoms with E-state index in [2.05, 4.69) is 36.5 Å². The molecule has 0 radical (unpaired) electrons. The minimum atomic E-state index is -0.165. The summed E-state index contributed by atoms with van der Waals surface area (Å²) in [5.74, 6) is -0.250. The van der Waals surface area contributed by atoms with Crippen LogP contribution in [0.4, 0.5) is 0 Å². The van der Waals surface area contributed by atoms with E-state index >= 15 is 0 Å². The molecule has 0 aliphatic rings. The molecule has 2 amide bonds. The van der Waals surface area contributed by atoms with Gasteiger partial charge in [0.15, 0.2) is 0 Å². The second kappa shape index (κ2) is 10.1. The molecule has 1 aromatic heterocycles. The number of amides is 2. The van der Waals surface area contributed by atoms with Gasteiger partial charge in [-0.05, 0) is 47.2 Å². The van der Waals surface area contributed by atoms with E-state index in [0.29, 0.717) is 25.1 Å². The predicted molar refractivity (Wildman–Crippen MR) is 122 cm³/mol. The lowest BCUT2D eigenvalue weighted by Crippen LogP contribution is -2.31. The van der Waals surface area contributed by atoms with Crippen LogP contribution in [-0.4, -0.2) is 34.7 Å². The Hall–Kier alpha value is -3.41. The van der Waals surface area contributed by atoms with Crippen LogP contribution in [0, 0.1) is 0 Å². The maximum atomic E-state index is 12.3. The molecule has 3 aromatic rings. The van der Waals surface area contributed by atoms with E-state index in [1.807, 2.05) is 71.7 Å². The minimum Gasteiger partial charge on any atom is -0.356 e. The Morgan fingerprint density at radius 2 is 1.65 bits per heavy atom. The molecule has 0 saturated carbocycles. The quantitative estimate of drug-likeness (QED) is 0.586. The van der Waals surface area contributed by atoms with E-state index in [4.69, 9.17) is 0 Å². The van der Waals surface area contributed by atoms with Crippen LogP contribution in [0.25, 0.3) is 5.69 Å². The predicted octanol–water partition coefficient (Wildman–Crippen LogP) is 3.65. The first-order valence-corrected chi connectivity index (χ1v) is 10.6. The van der Waals surface area contributed by atoms with Gasteiger partial charge in [-0.1, -0.05) is 51.1 Å². The molecule has 0 fully saturated rings. The van der Waals surface area contributed by atoms with Gasteiger partial charge < -0.3 is 10.6 Å². The van der Waals surface area contributed by atoms with Crippen LogP contribution in [-0.2, 0) is 16.6 Å². The summed E-state index contributed by atoms with van der Waals surface area (Å²) in [4.78, 5) is 24.3. The van der Waals surface area contributed by atoms with Crippen LogP contribution in [0.3, 0.4) is 0 Å². The van der Waals surface area contributed by atoms with Crippen molar-refractivity contribution >= 4 is 11.8 Å². The summed E-state index contributed by atoms with van der Waals surface area (Å²) in [6, 6.07) is 17.5. The van der Waals surface area contributed by atoms with Gasteiger partial charge in [-0.15, -0.1) is 0 Å². The fourth-order valence-electron chi connectivity index (χ4n) is 3.16. The van der Waals surface area contributed by atoms with Gasteiger partial charge in [0.05, 0.1) is 11.9 Å². The number of aromatic nitrogens is 2. The minimum absolute atomic E-state index is 0.0489. The molecule has 6 heteroatoms. The number of benzene rings is 2. The molecule has 2 aromatic carbocycles. The number of para-hydroxylation sites is 1. The first-order chi connectivity index (χ1) is 14.8. The van der Waals surface area contributed by atoms with E-state index in [1.54, 1.807) is 0 Å². The highest BCUT2D eigenvalue weighted by Crippen LogP contribution is 2.22. The number of nitrogens with one attached hydrogen (secondary N) is 2. The number of rotatable bonds is 8. The maximum Gasteiger partial charge on any atom is 0.251 e. The van der Waals surface area contributed by atoms with Crippen molar-refractivity contribution in [3.8, 4) is 5.69 Å². The summed E-state index contributed by atoms with van der Waals surface area (Å²) in [6.07, 6.45) is 4.72. The zero-order chi connectivity index (χ0) is 22.3. The second-order valence-electron chi connectivity index (χ2n) is 8.56. The monoisotopic (exact) mass is 418 g/mol. The Morgan fingerprint density at radius 1 is 0.935 bits per heavy atom. The maximum absolute atomic E-state index is 12.3. The molecular weight excluding hydrogens is 388 g/mol. The molecule has 31 heavy (non-hydrogen) atoms. The van der Waals surface area contributed by atoms with Gasteiger partial charge in [0.1, 0.15) is 0 Å².